The van der Waals surface area contributed by atoms with Crippen LogP contribution >= 0.6 is 0 Å². The van der Waals surface area contributed by atoms with E-state index in [-0.39, 0.29) is 17.7 Å². The Morgan fingerprint density at radius 2 is 1.67 bits per heavy atom. The monoisotopic (exact) mass is 530 g/mol. The van der Waals surface area contributed by atoms with Gasteiger partial charge in [-0.1, -0.05) is 18.2 Å². The Balaban J connectivity index is 1.19. The molecule has 206 valence electrons. The summed E-state index contributed by atoms with van der Waals surface area (Å²) in [6, 6.07) is 17.8. The summed E-state index contributed by atoms with van der Waals surface area (Å²) in [6.07, 6.45) is 7.20. The van der Waals surface area contributed by atoms with Gasteiger partial charge in [-0.3, -0.25) is 0 Å². The maximum Gasteiger partial charge on any atom is 0.165 e. The maximum atomic E-state index is 15.2. The lowest BCUT2D eigenvalue weighted by Gasteiger charge is -2.36. The molecule has 2 bridgehead atoms. The molecule has 0 saturated carbocycles. The molecule has 6 rings (SSSR count). The zero-order chi connectivity index (χ0) is 27.1. The average Bonchev–Trinajstić information content (AvgIpc) is 3.12. The van der Waals surface area contributed by atoms with Crippen LogP contribution in [-0.4, -0.2) is 46.9 Å². The fourth-order valence-corrected chi connectivity index (χ4v) is 7.12. The number of anilines is 1. The maximum absolute atomic E-state index is 15.2. The molecule has 0 radical (unpaired) electrons. The summed E-state index contributed by atoms with van der Waals surface area (Å²) in [5, 5.41) is 20.3. The first-order valence-corrected chi connectivity index (χ1v) is 14.4. The van der Waals surface area contributed by atoms with Gasteiger partial charge >= 0.3 is 0 Å². The van der Waals surface area contributed by atoms with Gasteiger partial charge in [-0.25, -0.2) is 4.39 Å². The Morgan fingerprint density at radius 3 is 2.41 bits per heavy atom. The number of fused-ring (bicyclic) bond motifs is 3. The number of phenolic OH excluding ortho intramolecular Hbond substituents is 2. The summed E-state index contributed by atoms with van der Waals surface area (Å²) in [7, 11) is 2.20. The zero-order valence-electron chi connectivity index (χ0n) is 22.9. The van der Waals surface area contributed by atoms with Crippen molar-refractivity contribution in [2.75, 3.05) is 18.5 Å². The highest BCUT2D eigenvalue weighted by Crippen LogP contribution is 2.40. The SMILES string of the molecule is CCN(Cc1ccc(OC2CC3CCC(C2)N3C)c(F)c1)c1cc(O)ccc1C1CCc2cc(O)ccc2C1. The van der Waals surface area contributed by atoms with Gasteiger partial charge in [0, 0.05) is 36.9 Å². The highest BCUT2D eigenvalue weighted by Gasteiger charge is 2.39. The highest BCUT2D eigenvalue weighted by atomic mass is 19.1. The van der Waals surface area contributed by atoms with Gasteiger partial charge in [0.15, 0.2) is 11.6 Å². The van der Waals surface area contributed by atoms with Gasteiger partial charge in [-0.15, -0.1) is 0 Å². The molecule has 3 aromatic carbocycles. The number of aromatic hydroxyl groups is 2. The standard InChI is InChI=1S/C33H39FN2O3/c1-3-36(20-21-4-13-33(31(34)14-21)39-29-17-25-8-9-26(18-29)35(25)2)32-19-28(38)11-12-30(32)24-6-5-23-16-27(37)10-7-22(23)15-24/h4,7,10-14,16,19,24-26,29,37-38H,3,5-6,8-9,15,17-18,20H2,1-2H3. The van der Waals surface area contributed by atoms with Crippen LogP contribution in [0.1, 0.15) is 67.2 Å². The zero-order valence-corrected chi connectivity index (χ0v) is 22.9. The average molecular weight is 531 g/mol. The minimum absolute atomic E-state index is 0.0747. The third-order valence-corrected chi connectivity index (χ3v) is 9.31. The van der Waals surface area contributed by atoms with E-state index in [0.717, 1.165) is 49.9 Å². The predicted octanol–water partition coefficient (Wildman–Crippen LogP) is 6.54. The van der Waals surface area contributed by atoms with Gasteiger partial charge in [0.1, 0.15) is 17.6 Å². The third-order valence-electron chi connectivity index (χ3n) is 9.31. The molecule has 1 aliphatic carbocycles. The number of phenols is 2. The fourth-order valence-electron chi connectivity index (χ4n) is 7.12. The summed E-state index contributed by atoms with van der Waals surface area (Å²) in [5.41, 5.74) is 5.55. The lowest BCUT2D eigenvalue weighted by atomic mass is 9.79. The van der Waals surface area contributed by atoms with Crippen molar-refractivity contribution in [2.24, 2.45) is 0 Å². The van der Waals surface area contributed by atoms with Crippen molar-refractivity contribution in [1.29, 1.82) is 0 Å². The van der Waals surface area contributed by atoms with Gasteiger partial charge in [0.2, 0.25) is 0 Å². The molecule has 0 aromatic heterocycles. The van der Waals surface area contributed by atoms with Crippen LogP contribution < -0.4 is 9.64 Å². The van der Waals surface area contributed by atoms with Gasteiger partial charge in [-0.05, 0) is 117 Å². The largest absolute Gasteiger partial charge is 0.508 e. The molecule has 2 saturated heterocycles. The molecule has 2 fully saturated rings. The lowest BCUT2D eigenvalue weighted by molar-refractivity contribution is 0.0636. The second kappa shape index (κ2) is 10.7. The topological polar surface area (TPSA) is 56.2 Å². The van der Waals surface area contributed by atoms with Gasteiger partial charge < -0.3 is 24.7 Å². The Hall–Kier alpha value is -3.25. The predicted molar refractivity (Wildman–Crippen MR) is 152 cm³/mol. The van der Waals surface area contributed by atoms with E-state index in [1.54, 1.807) is 24.3 Å². The molecule has 0 spiro atoms. The molecule has 3 atom stereocenters. The number of hydrogen-bond acceptors (Lipinski definition) is 5. The van der Waals surface area contributed by atoms with Crippen molar-refractivity contribution < 1.29 is 19.3 Å². The van der Waals surface area contributed by atoms with Gasteiger partial charge in [0.25, 0.3) is 0 Å². The summed E-state index contributed by atoms with van der Waals surface area (Å²) in [5.74, 6) is 0.898. The third kappa shape index (κ3) is 5.31. The second-order valence-electron chi connectivity index (χ2n) is 11.7. The first-order chi connectivity index (χ1) is 18.9. The molecule has 0 amide bonds. The van der Waals surface area contributed by atoms with Crippen LogP contribution in [0.2, 0.25) is 0 Å². The number of piperidine rings is 1. The molecule has 3 unspecified atom stereocenters. The molecule has 2 N–H and O–H groups in total. The Kier molecular flexibility index (Phi) is 7.15. The van der Waals surface area contributed by atoms with Crippen LogP contribution in [0, 0.1) is 5.82 Å². The molecule has 3 aliphatic rings. The van der Waals surface area contributed by atoms with E-state index in [1.165, 1.54) is 29.5 Å². The van der Waals surface area contributed by atoms with Crippen molar-refractivity contribution in [2.45, 2.75) is 82.5 Å². The quantitative estimate of drug-likeness (QED) is 0.363. The normalized spacial score (nSPS) is 24.4. The van der Waals surface area contributed by atoms with E-state index in [0.29, 0.717) is 36.0 Å². The van der Waals surface area contributed by atoms with Crippen LogP contribution in [-0.2, 0) is 19.4 Å². The number of benzene rings is 3. The molecule has 2 heterocycles. The van der Waals surface area contributed by atoms with Crippen LogP contribution in [0.15, 0.2) is 54.6 Å². The molecule has 5 nitrogen and oxygen atoms in total. The van der Waals surface area contributed by atoms with E-state index in [4.69, 9.17) is 4.74 Å². The summed E-state index contributed by atoms with van der Waals surface area (Å²) < 4.78 is 21.4. The summed E-state index contributed by atoms with van der Waals surface area (Å²) in [4.78, 5) is 4.68. The molecule has 3 aromatic rings. The minimum Gasteiger partial charge on any atom is -0.508 e. The highest BCUT2D eigenvalue weighted by molar-refractivity contribution is 5.59. The molecule has 39 heavy (non-hydrogen) atoms. The first-order valence-electron chi connectivity index (χ1n) is 14.4. The smallest absolute Gasteiger partial charge is 0.165 e. The van der Waals surface area contributed by atoms with Crippen molar-refractivity contribution in [3.63, 3.8) is 0 Å². The summed E-state index contributed by atoms with van der Waals surface area (Å²) >= 11 is 0. The first kappa shape index (κ1) is 26.0. The number of nitrogens with zero attached hydrogens (tertiary/aromatic N) is 2. The number of halogens is 1. The number of rotatable bonds is 7. The van der Waals surface area contributed by atoms with E-state index in [9.17, 15) is 10.2 Å². The fraction of sp³-hybridized carbons (Fsp3) is 0.455. The van der Waals surface area contributed by atoms with Crippen molar-refractivity contribution >= 4 is 5.69 Å². The van der Waals surface area contributed by atoms with Crippen molar-refractivity contribution in [3.8, 4) is 17.2 Å². The van der Waals surface area contributed by atoms with Gasteiger partial charge in [0.05, 0.1) is 0 Å². The molecular formula is C33H39FN2O3. The summed E-state index contributed by atoms with van der Waals surface area (Å²) in [6.45, 7) is 3.36. The van der Waals surface area contributed by atoms with E-state index in [2.05, 4.69) is 23.8 Å². The van der Waals surface area contributed by atoms with Crippen molar-refractivity contribution in [1.82, 2.24) is 4.90 Å². The van der Waals surface area contributed by atoms with Crippen LogP contribution in [0.4, 0.5) is 10.1 Å². The lowest BCUT2D eigenvalue weighted by Crippen LogP contribution is -2.43. The van der Waals surface area contributed by atoms with E-state index < -0.39 is 0 Å². The Labute approximate surface area is 230 Å². The van der Waals surface area contributed by atoms with Crippen molar-refractivity contribution in [3.05, 3.63) is 82.7 Å². The second-order valence-corrected chi connectivity index (χ2v) is 11.7. The van der Waals surface area contributed by atoms with Crippen LogP contribution in [0.3, 0.4) is 0 Å². The molecule has 2 aliphatic heterocycles. The van der Waals surface area contributed by atoms with Crippen LogP contribution in [0.5, 0.6) is 17.2 Å². The van der Waals surface area contributed by atoms with Gasteiger partial charge in [-0.2, -0.15) is 0 Å². The Morgan fingerprint density at radius 1 is 0.923 bits per heavy atom. The Bertz CT molecular complexity index is 1330. The molecule has 6 heteroatoms. The van der Waals surface area contributed by atoms with Crippen LogP contribution in [0.25, 0.3) is 0 Å². The number of ether oxygens (including phenoxy) is 1. The van der Waals surface area contributed by atoms with E-state index >= 15 is 4.39 Å². The number of hydrogen-bond donors (Lipinski definition) is 2. The van der Waals surface area contributed by atoms with E-state index in [1.807, 2.05) is 30.3 Å². The minimum atomic E-state index is -0.307. The molecular weight excluding hydrogens is 491 g/mol. The number of aryl methyl sites for hydroxylation is 1.